The lowest BCUT2D eigenvalue weighted by molar-refractivity contribution is -0.114. The second-order valence-corrected chi connectivity index (χ2v) is 10.2. The number of anilines is 2. The van der Waals surface area contributed by atoms with E-state index in [0.29, 0.717) is 16.8 Å². The van der Waals surface area contributed by atoms with E-state index in [-0.39, 0.29) is 28.0 Å². The monoisotopic (exact) mass is 530 g/mol. The maximum atomic E-state index is 13.7. The molecule has 3 rings (SSSR count). The molecule has 0 unspecified atom stereocenters. The van der Waals surface area contributed by atoms with E-state index >= 15 is 0 Å². The van der Waals surface area contributed by atoms with E-state index in [4.69, 9.17) is 21.1 Å². The van der Waals surface area contributed by atoms with Gasteiger partial charge in [0.15, 0.2) is 0 Å². The number of hydrogen-bond donors (Lipinski definition) is 1. The van der Waals surface area contributed by atoms with Gasteiger partial charge in [-0.1, -0.05) is 35.4 Å². The second kappa shape index (κ2) is 11.5. The third-order valence-corrected chi connectivity index (χ3v) is 7.42. The predicted molar refractivity (Wildman–Crippen MR) is 139 cm³/mol. The molecule has 0 bridgehead atoms. The van der Waals surface area contributed by atoms with Crippen molar-refractivity contribution >= 4 is 44.9 Å². The van der Waals surface area contributed by atoms with Crippen molar-refractivity contribution in [3.05, 3.63) is 82.4 Å². The minimum atomic E-state index is -4.19. The Labute approximate surface area is 215 Å². The minimum Gasteiger partial charge on any atom is -0.495 e. The van der Waals surface area contributed by atoms with Crippen molar-refractivity contribution in [2.75, 3.05) is 29.9 Å². The zero-order valence-electron chi connectivity index (χ0n) is 20.4. The van der Waals surface area contributed by atoms with Crippen LogP contribution >= 0.6 is 11.6 Å². The van der Waals surface area contributed by atoms with Crippen LogP contribution in [0.4, 0.5) is 11.4 Å². The van der Waals surface area contributed by atoms with Gasteiger partial charge in [-0.3, -0.25) is 9.10 Å². The van der Waals surface area contributed by atoms with Crippen LogP contribution in [0.1, 0.15) is 28.4 Å². The molecule has 0 radical (unpaired) electrons. The van der Waals surface area contributed by atoms with E-state index in [1.807, 2.05) is 6.92 Å². The molecule has 0 fully saturated rings. The summed E-state index contributed by atoms with van der Waals surface area (Å²) in [4.78, 5) is 25.4. The van der Waals surface area contributed by atoms with Crippen molar-refractivity contribution in [3.8, 4) is 5.75 Å². The van der Waals surface area contributed by atoms with Gasteiger partial charge in [0.05, 0.1) is 29.9 Å². The van der Waals surface area contributed by atoms with Crippen LogP contribution in [0.3, 0.4) is 0 Å². The van der Waals surface area contributed by atoms with Crippen molar-refractivity contribution in [2.24, 2.45) is 0 Å². The summed E-state index contributed by atoms with van der Waals surface area (Å²) in [5, 5.41) is 2.98. The Kier molecular flexibility index (Phi) is 8.60. The van der Waals surface area contributed by atoms with E-state index in [0.717, 1.165) is 9.87 Å². The van der Waals surface area contributed by atoms with Gasteiger partial charge in [-0.2, -0.15) is 0 Å². The van der Waals surface area contributed by atoms with Crippen molar-refractivity contribution in [1.29, 1.82) is 0 Å². The fourth-order valence-electron chi connectivity index (χ4n) is 3.52. The quantitative estimate of drug-likeness (QED) is 0.392. The normalized spacial score (nSPS) is 11.0. The molecule has 0 aromatic heterocycles. The Morgan fingerprint density at radius 3 is 2.36 bits per heavy atom. The number of nitrogens with one attached hydrogen (secondary N) is 1. The first-order valence-corrected chi connectivity index (χ1v) is 12.9. The fraction of sp³-hybridized carbons (Fsp3) is 0.231. The Morgan fingerprint density at radius 1 is 1.03 bits per heavy atom. The molecule has 0 saturated carbocycles. The topological polar surface area (TPSA) is 102 Å². The molecule has 0 heterocycles. The number of amides is 1. The molecule has 1 N–H and O–H groups in total. The highest BCUT2D eigenvalue weighted by atomic mass is 35.5. The van der Waals surface area contributed by atoms with Crippen molar-refractivity contribution in [1.82, 2.24) is 0 Å². The smallest absolute Gasteiger partial charge is 0.338 e. The number of methoxy groups -OCH3 is 1. The SMILES string of the molecule is CCOC(=O)c1cccc(NC(=O)CN(c2cc(Cl)ccc2OC)S(=O)(=O)c2ccc(C)cc2)c1C. The van der Waals surface area contributed by atoms with E-state index in [9.17, 15) is 18.0 Å². The molecule has 0 atom stereocenters. The van der Waals surface area contributed by atoms with Crippen LogP contribution in [0.5, 0.6) is 5.75 Å². The summed E-state index contributed by atoms with van der Waals surface area (Å²) in [6, 6.07) is 15.6. The molecule has 3 aromatic rings. The van der Waals surface area contributed by atoms with Gasteiger partial charge >= 0.3 is 5.97 Å². The average molecular weight is 531 g/mol. The Hall–Kier alpha value is -3.56. The van der Waals surface area contributed by atoms with Gasteiger partial charge < -0.3 is 14.8 Å². The number of aryl methyl sites for hydroxylation is 1. The Bertz CT molecular complexity index is 1370. The molecule has 8 nitrogen and oxygen atoms in total. The van der Waals surface area contributed by atoms with Crippen molar-refractivity contribution < 1.29 is 27.5 Å². The Balaban J connectivity index is 2.01. The third kappa shape index (κ3) is 5.98. The average Bonchev–Trinajstić information content (AvgIpc) is 2.84. The number of esters is 1. The van der Waals surface area contributed by atoms with Gasteiger partial charge in [-0.05, 0) is 68.8 Å². The van der Waals surface area contributed by atoms with E-state index in [1.165, 1.54) is 31.4 Å². The van der Waals surface area contributed by atoms with Crippen molar-refractivity contribution in [2.45, 2.75) is 25.7 Å². The van der Waals surface area contributed by atoms with E-state index < -0.39 is 28.4 Å². The van der Waals surface area contributed by atoms with Gasteiger partial charge in [0.2, 0.25) is 5.91 Å². The van der Waals surface area contributed by atoms with Gasteiger partial charge in [0.25, 0.3) is 10.0 Å². The number of rotatable bonds is 9. The van der Waals surface area contributed by atoms with Gasteiger partial charge in [0.1, 0.15) is 12.3 Å². The summed E-state index contributed by atoms with van der Waals surface area (Å²) in [5.41, 5.74) is 2.15. The van der Waals surface area contributed by atoms with Crippen LogP contribution in [0.15, 0.2) is 65.6 Å². The number of benzene rings is 3. The zero-order valence-corrected chi connectivity index (χ0v) is 21.9. The number of carbonyl (C=O) groups excluding carboxylic acids is 2. The van der Waals surface area contributed by atoms with Crippen LogP contribution < -0.4 is 14.4 Å². The maximum absolute atomic E-state index is 13.7. The lowest BCUT2D eigenvalue weighted by Gasteiger charge is -2.26. The minimum absolute atomic E-state index is 0.00316. The van der Waals surface area contributed by atoms with Crippen LogP contribution in [-0.4, -0.2) is 40.6 Å². The predicted octanol–water partition coefficient (Wildman–Crippen LogP) is 4.98. The lowest BCUT2D eigenvalue weighted by atomic mass is 10.1. The number of nitrogens with zero attached hydrogens (tertiary/aromatic N) is 1. The summed E-state index contributed by atoms with van der Waals surface area (Å²) < 4.78 is 38.7. The van der Waals surface area contributed by atoms with Crippen LogP contribution in [-0.2, 0) is 19.6 Å². The number of hydrogen-bond acceptors (Lipinski definition) is 6. The molecule has 3 aromatic carbocycles. The van der Waals surface area contributed by atoms with Gasteiger partial charge in [-0.15, -0.1) is 0 Å². The summed E-state index contributed by atoms with van der Waals surface area (Å²) in [6.07, 6.45) is 0. The lowest BCUT2D eigenvalue weighted by Crippen LogP contribution is -2.38. The summed E-state index contributed by atoms with van der Waals surface area (Å²) in [7, 11) is -2.79. The summed E-state index contributed by atoms with van der Waals surface area (Å²) in [6.45, 7) is 4.85. The van der Waals surface area contributed by atoms with E-state index in [2.05, 4.69) is 5.32 Å². The first-order valence-electron chi connectivity index (χ1n) is 11.1. The highest BCUT2D eigenvalue weighted by Crippen LogP contribution is 2.35. The fourth-order valence-corrected chi connectivity index (χ4v) is 5.11. The molecule has 0 spiro atoms. The molecule has 0 aliphatic carbocycles. The summed E-state index contributed by atoms with van der Waals surface area (Å²) >= 11 is 6.17. The Morgan fingerprint density at radius 2 is 1.72 bits per heavy atom. The van der Waals surface area contributed by atoms with Crippen molar-refractivity contribution in [3.63, 3.8) is 0 Å². The molecule has 1 amide bonds. The third-order valence-electron chi connectivity index (χ3n) is 5.41. The molecule has 36 heavy (non-hydrogen) atoms. The largest absolute Gasteiger partial charge is 0.495 e. The van der Waals surface area contributed by atoms with E-state index in [1.54, 1.807) is 50.2 Å². The highest BCUT2D eigenvalue weighted by Gasteiger charge is 2.30. The zero-order chi connectivity index (χ0) is 26.5. The summed E-state index contributed by atoms with van der Waals surface area (Å²) in [5.74, 6) is -0.918. The molecular weight excluding hydrogens is 504 g/mol. The molecule has 0 aliphatic heterocycles. The highest BCUT2D eigenvalue weighted by molar-refractivity contribution is 7.92. The van der Waals surface area contributed by atoms with Crippen LogP contribution in [0, 0.1) is 13.8 Å². The second-order valence-electron chi connectivity index (χ2n) is 7.89. The molecular formula is C26H27ClN2O6S. The van der Waals surface area contributed by atoms with Gasteiger partial charge in [0, 0.05) is 10.7 Å². The number of carbonyl (C=O) groups is 2. The first-order chi connectivity index (χ1) is 17.1. The number of sulfonamides is 1. The first kappa shape index (κ1) is 27.0. The molecule has 190 valence electrons. The molecule has 10 heteroatoms. The van der Waals surface area contributed by atoms with Crippen LogP contribution in [0.25, 0.3) is 0 Å². The standard InChI is InChI=1S/C26H27ClN2O6S/c1-5-35-26(31)21-7-6-8-22(18(21)3)28-25(30)16-29(23-15-19(27)11-14-24(23)34-4)36(32,33)20-12-9-17(2)10-13-20/h6-15H,5,16H2,1-4H3,(H,28,30). The molecule has 0 saturated heterocycles. The van der Waals surface area contributed by atoms with Crippen LogP contribution in [0.2, 0.25) is 5.02 Å². The number of halogens is 1. The molecule has 0 aliphatic rings. The number of ether oxygens (including phenoxy) is 2. The maximum Gasteiger partial charge on any atom is 0.338 e. The van der Waals surface area contributed by atoms with Gasteiger partial charge in [-0.25, -0.2) is 13.2 Å².